The number of para-hydroxylation sites is 2. The highest BCUT2D eigenvalue weighted by Gasteiger charge is 2.20. The van der Waals surface area contributed by atoms with Crippen molar-refractivity contribution in [3.63, 3.8) is 0 Å². The second-order valence-corrected chi connectivity index (χ2v) is 6.70. The van der Waals surface area contributed by atoms with Crippen LogP contribution in [0.15, 0.2) is 29.4 Å². The number of rotatable bonds is 8. The van der Waals surface area contributed by atoms with Crippen molar-refractivity contribution in [3.8, 4) is 5.75 Å². The van der Waals surface area contributed by atoms with Crippen LogP contribution in [0.3, 0.4) is 0 Å². The lowest BCUT2D eigenvalue weighted by atomic mass is 10.3. The Morgan fingerprint density at radius 3 is 2.73 bits per heavy atom. The van der Waals surface area contributed by atoms with Gasteiger partial charge in [0.1, 0.15) is 18.0 Å². The molecule has 0 saturated heterocycles. The fraction of sp³-hybridized carbons (Fsp3) is 0.412. The third-order valence-corrected chi connectivity index (χ3v) is 4.68. The first-order valence-corrected chi connectivity index (χ1v) is 8.98. The number of methoxy groups -OCH3 is 1. The first kappa shape index (κ1) is 19.8. The van der Waals surface area contributed by atoms with Gasteiger partial charge in [-0.05, 0) is 26.0 Å². The third kappa shape index (κ3) is 4.98. The highest BCUT2D eigenvalue weighted by molar-refractivity contribution is 8.00. The van der Waals surface area contributed by atoms with E-state index in [2.05, 4.69) is 15.5 Å². The maximum Gasteiger partial charge on any atom is 0.313 e. The Kier molecular flexibility index (Phi) is 7.02. The van der Waals surface area contributed by atoms with Crippen LogP contribution in [0.4, 0.5) is 5.69 Å². The fourth-order valence-electron chi connectivity index (χ4n) is 2.14. The van der Waals surface area contributed by atoms with Crippen molar-refractivity contribution in [1.29, 1.82) is 0 Å². The van der Waals surface area contributed by atoms with Gasteiger partial charge in [0, 0.05) is 7.05 Å². The topological polar surface area (TPSA) is 95.3 Å². The summed E-state index contributed by atoms with van der Waals surface area (Å²) in [5.74, 6) is 0.535. The summed E-state index contributed by atoms with van der Waals surface area (Å²) in [5.41, 5.74) is 0.605. The third-order valence-electron chi connectivity index (χ3n) is 3.55. The molecule has 0 aliphatic rings. The van der Waals surface area contributed by atoms with Crippen LogP contribution in [0, 0.1) is 0 Å². The quantitative estimate of drug-likeness (QED) is 0.555. The van der Waals surface area contributed by atoms with Crippen molar-refractivity contribution in [2.24, 2.45) is 7.05 Å². The van der Waals surface area contributed by atoms with Crippen molar-refractivity contribution >= 4 is 29.3 Å². The summed E-state index contributed by atoms with van der Waals surface area (Å²) < 4.78 is 11.8. The zero-order valence-electron chi connectivity index (χ0n) is 15.2. The summed E-state index contributed by atoms with van der Waals surface area (Å²) in [6.45, 7) is 3.84. The molecule has 2 aromatic rings. The molecule has 0 saturated carbocycles. The molecule has 0 fully saturated rings. The first-order valence-electron chi connectivity index (χ1n) is 8.10. The van der Waals surface area contributed by atoms with Gasteiger partial charge in [-0.3, -0.25) is 9.59 Å². The molecule has 1 aromatic carbocycles. The lowest BCUT2D eigenvalue weighted by Gasteiger charge is -2.13. The van der Waals surface area contributed by atoms with Crippen molar-refractivity contribution in [2.75, 3.05) is 19.0 Å². The molecule has 0 radical (unpaired) electrons. The zero-order valence-corrected chi connectivity index (χ0v) is 16.0. The summed E-state index contributed by atoms with van der Waals surface area (Å²) in [7, 11) is 3.30. The Morgan fingerprint density at radius 2 is 2.04 bits per heavy atom. The van der Waals surface area contributed by atoms with Crippen molar-refractivity contribution in [2.45, 2.75) is 30.7 Å². The number of esters is 1. The van der Waals surface area contributed by atoms with Gasteiger partial charge in [0.2, 0.25) is 5.91 Å². The number of ether oxygens (including phenoxy) is 2. The van der Waals surface area contributed by atoms with Crippen LogP contribution in [0.2, 0.25) is 0 Å². The average molecular weight is 378 g/mol. The predicted molar refractivity (Wildman–Crippen MR) is 98.3 cm³/mol. The Balaban J connectivity index is 2.01. The minimum absolute atomic E-state index is 0.0414. The van der Waals surface area contributed by atoms with E-state index < -0.39 is 5.25 Å². The van der Waals surface area contributed by atoms with Crippen LogP contribution in [0.25, 0.3) is 0 Å². The van der Waals surface area contributed by atoms with E-state index in [9.17, 15) is 9.59 Å². The number of nitrogens with one attached hydrogen (secondary N) is 1. The molecule has 2 rings (SSSR count). The zero-order chi connectivity index (χ0) is 19.1. The number of nitrogens with zero attached hydrogens (tertiary/aromatic N) is 3. The molecule has 26 heavy (non-hydrogen) atoms. The van der Waals surface area contributed by atoms with Crippen LogP contribution in [0.5, 0.6) is 5.75 Å². The molecule has 140 valence electrons. The van der Waals surface area contributed by atoms with Crippen LogP contribution in [0.1, 0.15) is 19.7 Å². The van der Waals surface area contributed by atoms with Gasteiger partial charge in [-0.25, -0.2) is 0 Å². The van der Waals surface area contributed by atoms with Gasteiger partial charge in [0.15, 0.2) is 5.16 Å². The Labute approximate surface area is 156 Å². The molecule has 0 aliphatic heterocycles. The van der Waals surface area contributed by atoms with Crippen LogP contribution < -0.4 is 10.1 Å². The molecule has 1 N–H and O–H groups in total. The van der Waals surface area contributed by atoms with E-state index in [1.165, 1.54) is 11.8 Å². The molecule has 0 spiro atoms. The average Bonchev–Trinajstić information content (AvgIpc) is 2.95. The van der Waals surface area contributed by atoms with E-state index in [-0.39, 0.29) is 18.3 Å². The maximum atomic E-state index is 12.4. The van der Waals surface area contributed by atoms with Gasteiger partial charge in [-0.1, -0.05) is 23.9 Å². The minimum Gasteiger partial charge on any atom is -0.495 e. The number of carbonyl (C=O) groups excluding carboxylic acids is 2. The summed E-state index contributed by atoms with van der Waals surface area (Å²) >= 11 is 1.26. The largest absolute Gasteiger partial charge is 0.495 e. The van der Waals surface area contributed by atoms with Gasteiger partial charge in [-0.2, -0.15) is 0 Å². The fourth-order valence-corrected chi connectivity index (χ4v) is 2.97. The van der Waals surface area contributed by atoms with Crippen LogP contribution in [-0.2, 0) is 27.8 Å². The maximum absolute atomic E-state index is 12.4. The number of amides is 1. The molecular formula is C17H22N4O4S. The van der Waals surface area contributed by atoms with Gasteiger partial charge in [0.05, 0.1) is 24.7 Å². The highest BCUT2D eigenvalue weighted by atomic mass is 32.2. The molecule has 0 unspecified atom stereocenters. The van der Waals surface area contributed by atoms with E-state index >= 15 is 0 Å². The SMILES string of the molecule is CCOC(=O)Cc1nnc(S[C@@H](C)C(=O)Nc2ccccc2OC)n1C. The number of hydrogen-bond donors (Lipinski definition) is 1. The molecule has 1 atom stereocenters. The van der Waals surface area contributed by atoms with E-state index in [0.29, 0.717) is 29.0 Å². The molecular weight excluding hydrogens is 356 g/mol. The van der Waals surface area contributed by atoms with Crippen molar-refractivity contribution < 1.29 is 19.1 Å². The second kappa shape index (κ2) is 9.23. The van der Waals surface area contributed by atoms with Gasteiger partial charge < -0.3 is 19.4 Å². The van der Waals surface area contributed by atoms with Gasteiger partial charge in [-0.15, -0.1) is 10.2 Å². The van der Waals surface area contributed by atoms with E-state index in [1.807, 2.05) is 12.1 Å². The molecule has 9 heteroatoms. The summed E-state index contributed by atoms with van der Waals surface area (Å²) in [6.07, 6.45) is 0.0414. The van der Waals surface area contributed by atoms with E-state index in [4.69, 9.17) is 9.47 Å². The lowest BCUT2D eigenvalue weighted by Crippen LogP contribution is -2.23. The number of benzene rings is 1. The number of thioether (sulfide) groups is 1. The molecule has 1 aromatic heterocycles. The normalized spacial score (nSPS) is 11.7. The lowest BCUT2D eigenvalue weighted by molar-refractivity contribution is -0.142. The van der Waals surface area contributed by atoms with E-state index in [1.54, 1.807) is 44.7 Å². The molecule has 0 aliphatic carbocycles. The molecule has 0 bridgehead atoms. The smallest absolute Gasteiger partial charge is 0.313 e. The summed E-state index contributed by atoms with van der Waals surface area (Å²) in [4.78, 5) is 24.0. The number of aromatic nitrogens is 3. The summed E-state index contributed by atoms with van der Waals surface area (Å²) in [5, 5.41) is 11.0. The number of hydrogen-bond acceptors (Lipinski definition) is 7. The Morgan fingerprint density at radius 1 is 1.31 bits per heavy atom. The molecule has 8 nitrogen and oxygen atoms in total. The van der Waals surface area contributed by atoms with Crippen molar-refractivity contribution in [1.82, 2.24) is 14.8 Å². The predicted octanol–water partition coefficient (Wildman–Crippen LogP) is 2.05. The standard InChI is InChI=1S/C17H22N4O4S/c1-5-25-15(22)10-14-19-20-17(21(14)3)26-11(2)16(23)18-12-8-6-7-9-13(12)24-4/h6-9,11H,5,10H2,1-4H3,(H,18,23)/t11-/m0/s1. The minimum atomic E-state index is -0.418. The second-order valence-electron chi connectivity index (χ2n) is 5.39. The number of carbonyl (C=O) groups is 2. The highest BCUT2D eigenvalue weighted by Crippen LogP contribution is 2.26. The molecule has 1 amide bonds. The van der Waals surface area contributed by atoms with Crippen LogP contribution in [-0.4, -0.2) is 45.6 Å². The first-order chi connectivity index (χ1) is 12.5. The molecule has 1 heterocycles. The van der Waals surface area contributed by atoms with Gasteiger partial charge >= 0.3 is 5.97 Å². The van der Waals surface area contributed by atoms with Crippen molar-refractivity contribution in [3.05, 3.63) is 30.1 Å². The number of anilines is 1. The van der Waals surface area contributed by atoms with Gasteiger partial charge in [0.25, 0.3) is 0 Å². The summed E-state index contributed by atoms with van der Waals surface area (Å²) in [6, 6.07) is 7.20. The Bertz CT molecular complexity index is 778. The Hall–Kier alpha value is -2.55. The van der Waals surface area contributed by atoms with Crippen LogP contribution >= 0.6 is 11.8 Å². The van der Waals surface area contributed by atoms with E-state index in [0.717, 1.165) is 0 Å². The monoisotopic (exact) mass is 378 g/mol.